The van der Waals surface area contributed by atoms with Gasteiger partial charge in [0.25, 0.3) is 0 Å². The molecule has 1 saturated heterocycles. The highest BCUT2D eigenvalue weighted by Gasteiger charge is 2.38. The fraction of sp³-hybridized carbons (Fsp3) is 0.375. The van der Waals surface area contributed by atoms with E-state index in [1.165, 1.54) is 12.1 Å². The summed E-state index contributed by atoms with van der Waals surface area (Å²) in [7, 11) is 1.63. The predicted octanol–water partition coefficient (Wildman–Crippen LogP) is 6.33. The molecule has 6 heteroatoms. The number of rotatable bonds is 9. The van der Waals surface area contributed by atoms with Crippen LogP contribution < -0.4 is 4.74 Å². The molecule has 2 amide bonds. The van der Waals surface area contributed by atoms with Crippen molar-refractivity contribution in [2.45, 2.75) is 64.1 Å². The summed E-state index contributed by atoms with van der Waals surface area (Å²) in [6.45, 7) is 2.94. The zero-order valence-corrected chi connectivity index (χ0v) is 22.3. The van der Waals surface area contributed by atoms with E-state index in [0.29, 0.717) is 25.9 Å². The first-order valence-electron chi connectivity index (χ1n) is 13.5. The number of nitrogens with zero attached hydrogens (tertiary/aromatic N) is 2. The normalized spacial score (nSPS) is 18.1. The highest BCUT2D eigenvalue weighted by atomic mass is 19.1. The summed E-state index contributed by atoms with van der Waals surface area (Å²) in [6, 6.07) is 23.2. The number of ether oxygens (including phenoxy) is 1. The van der Waals surface area contributed by atoms with Gasteiger partial charge in [-0.2, -0.15) is 0 Å². The molecule has 1 aliphatic rings. The Bertz CT molecular complexity index is 1180. The average Bonchev–Trinajstić information content (AvgIpc) is 2.95. The molecule has 0 bridgehead atoms. The van der Waals surface area contributed by atoms with Crippen molar-refractivity contribution in [3.05, 3.63) is 101 Å². The highest BCUT2D eigenvalue weighted by molar-refractivity contribution is 5.88. The molecule has 3 aromatic rings. The SMILES string of the molecule is CCCCC(=O)N1CCC[C@H](c2ccc(OC)cc2)N(Cc2ccc(F)cc2)C(=O)[C@H]1Cc1ccccc1. The topological polar surface area (TPSA) is 49.9 Å². The molecular weight excluding hydrogens is 479 g/mol. The molecule has 0 unspecified atom stereocenters. The van der Waals surface area contributed by atoms with Crippen molar-refractivity contribution in [2.75, 3.05) is 13.7 Å². The van der Waals surface area contributed by atoms with Crippen molar-refractivity contribution in [1.82, 2.24) is 9.80 Å². The van der Waals surface area contributed by atoms with Crippen LogP contribution in [0, 0.1) is 5.82 Å². The van der Waals surface area contributed by atoms with Gasteiger partial charge < -0.3 is 14.5 Å². The molecular formula is C32H37FN2O3. The zero-order valence-electron chi connectivity index (χ0n) is 22.3. The lowest BCUT2D eigenvalue weighted by atomic mass is 9.93. The van der Waals surface area contributed by atoms with Gasteiger partial charge in [0, 0.05) is 25.9 Å². The summed E-state index contributed by atoms with van der Waals surface area (Å²) in [5, 5.41) is 0. The van der Waals surface area contributed by atoms with Crippen LogP contribution in [0.4, 0.5) is 4.39 Å². The Morgan fingerprint density at radius 2 is 1.68 bits per heavy atom. The van der Waals surface area contributed by atoms with Gasteiger partial charge in [0.1, 0.15) is 17.6 Å². The summed E-state index contributed by atoms with van der Waals surface area (Å²) in [5.74, 6) is 0.397. The third-order valence-electron chi connectivity index (χ3n) is 7.30. The van der Waals surface area contributed by atoms with Crippen LogP contribution in [0.3, 0.4) is 0 Å². The number of carbonyl (C=O) groups excluding carboxylic acids is 2. The average molecular weight is 517 g/mol. The maximum absolute atomic E-state index is 14.5. The van der Waals surface area contributed by atoms with E-state index in [1.807, 2.05) is 64.4 Å². The third-order valence-corrected chi connectivity index (χ3v) is 7.30. The van der Waals surface area contributed by atoms with Crippen LogP contribution in [0.15, 0.2) is 78.9 Å². The largest absolute Gasteiger partial charge is 0.497 e. The van der Waals surface area contributed by atoms with Crippen molar-refractivity contribution in [3.8, 4) is 5.75 Å². The molecule has 0 spiro atoms. The van der Waals surface area contributed by atoms with E-state index >= 15 is 0 Å². The molecule has 5 nitrogen and oxygen atoms in total. The van der Waals surface area contributed by atoms with Gasteiger partial charge in [0.2, 0.25) is 11.8 Å². The molecule has 0 aromatic heterocycles. The van der Waals surface area contributed by atoms with E-state index in [0.717, 1.165) is 48.1 Å². The van der Waals surface area contributed by atoms with Gasteiger partial charge in [-0.3, -0.25) is 9.59 Å². The van der Waals surface area contributed by atoms with Crippen LogP contribution in [0.2, 0.25) is 0 Å². The highest BCUT2D eigenvalue weighted by Crippen LogP contribution is 2.33. The van der Waals surface area contributed by atoms with Crippen LogP contribution in [-0.4, -0.2) is 41.3 Å². The minimum Gasteiger partial charge on any atom is -0.497 e. The van der Waals surface area contributed by atoms with Crippen LogP contribution in [0.25, 0.3) is 0 Å². The molecule has 3 aromatic carbocycles. The molecule has 0 radical (unpaired) electrons. The van der Waals surface area contributed by atoms with E-state index in [9.17, 15) is 14.0 Å². The van der Waals surface area contributed by atoms with Gasteiger partial charge in [-0.15, -0.1) is 0 Å². The van der Waals surface area contributed by atoms with Crippen LogP contribution in [0.1, 0.15) is 61.8 Å². The number of halogens is 1. The number of hydrogen-bond acceptors (Lipinski definition) is 3. The zero-order chi connectivity index (χ0) is 26.9. The fourth-order valence-electron chi connectivity index (χ4n) is 5.20. The number of amides is 2. The quantitative estimate of drug-likeness (QED) is 0.334. The molecule has 0 aliphatic carbocycles. The van der Waals surface area contributed by atoms with Crippen molar-refractivity contribution >= 4 is 11.8 Å². The third kappa shape index (κ3) is 6.80. The van der Waals surface area contributed by atoms with Crippen LogP contribution in [-0.2, 0) is 22.6 Å². The standard InChI is InChI=1S/C32H37FN2O3/c1-3-4-12-31(36)34-21-8-11-29(26-15-19-28(38-2)20-16-26)35(23-25-13-17-27(33)18-14-25)32(37)30(34)22-24-9-6-5-7-10-24/h5-7,9-10,13-20,29-30H,3-4,8,11-12,21-23H2,1-2H3/t29-,30-/m1/s1. The summed E-state index contributed by atoms with van der Waals surface area (Å²) >= 11 is 0. The van der Waals surface area contributed by atoms with Gasteiger partial charge in [0.05, 0.1) is 13.2 Å². The van der Waals surface area contributed by atoms with Crippen molar-refractivity contribution in [1.29, 1.82) is 0 Å². The van der Waals surface area contributed by atoms with E-state index in [4.69, 9.17) is 4.74 Å². The van der Waals surface area contributed by atoms with Gasteiger partial charge in [0.15, 0.2) is 0 Å². The minimum atomic E-state index is -0.608. The van der Waals surface area contributed by atoms with Crippen molar-refractivity contribution < 1.29 is 18.7 Å². The second-order valence-electron chi connectivity index (χ2n) is 9.92. The van der Waals surface area contributed by atoms with Crippen LogP contribution in [0.5, 0.6) is 5.75 Å². The van der Waals surface area contributed by atoms with Gasteiger partial charge in [-0.1, -0.05) is 67.9 Å². The first kappa shape index (κ1) is 27.4. The molecule has 200 valence electrons. The second-order valence-corrected chi connectivity index (χ2v) is 9.92. The minimum absolute atomic E-state index is 0.0331. The molecule has 38 heavy (non-hydrogen) atoms. The lowest BCUT2D eigenvalue weighted by Gasteiger charge is -2.42. The second kappa shape index (κ2) is 13.2. The summed E-state index contributed by atoms with van der Waals surface area (Å²) < 4.78 is 19.0. The Morgan fingerprint density at radius 1 is 0.974 bits per heavy atom. The van der Waals surface area contributed by atoms with Crippen molar-refractivity contribution in [2.24, 2.45) is 0 Å². The first-order chi connectivity index (χ1) is 18.5. The van der Waals surface area contributed by atoms with E-state index < -0.39 is 6.04 Å². The molecule has 0 saturated carbocycles. The van der Waals surface area contributed by atoms with E-state index in [1.54, 1.807) is 19.2 Å². The van der Waals surface area contributed by atoms with Crippen LogP contribution >= 0.6 is 0 Å². The Labute approximate surface area is 225 Å². The summed E-state index contributed by atoms with van der Waals surface area (Å²) in [5.41, 5.74) is 2.88. The molecule has 1 heterocycles. The maximum Gasteiger partial charge on any atom is 0.246 e. The Kier molecular flexibility index (Phi) is 9.52. The smallest absolute Gasteiger partial charge is 0.246 e. The number of hydrogen-bond donors (Lipinski definition) is 0. The van der Waals surface area contributed by atoms with Gasteiger partial charge in [-0.05, 0) is 60.2 Å². The molecule has 1 aliphatic heterocycles. The Morgan fingerprint density at radius 3 is 2.34 bits per heavy atom. The van der Waals surface area contributed by atoms with E-state index in [2.05, 4.69) is 6.92 Å². The monoisotopic (exact) mass is 516 g/mol. The number of methoxy groups -OCH3 is 1. The number of carbonyl (C=O) groups is 2. The Hall–Kier alpha value is -3.67. The molecule has 2 atom stereocenters. The summed E-state index contributed by atoms with van der Waals surface area (Å²) in [4.78, 5) is 31.6. The Balaban J connectivity index is 1.74. The molecule has 4 rings (SSSR count). The summed E-state index contributed by atoms with van der Waals surface area (Å²) in [6.07, 6.45) is 4.10. The van der Waals surface area contributed by atoms with Gasteiger partial charge in [-0.25, -0.2) is 4.39 Å². The number of benzene rings is 3. The predicted molar refractivity (Wildman–Crippen MR) is 147 cm³/mol. The lowest BCUT2D eigenvalue weighted by molar-refractivity contribution is -0.150. The van der Waals surface area contributed by atoms with E-state index in [-0.39, 0.29) is 23.7 Å². The maximum atomic E-state index is 14.5. The van der Waals surface area contributed by atoms with Crippen molar-refractivity contribution in [3.63, 3.8) is 0 Å². The van der Waals surface area contributed by atoms with Gasteiger partial charge >= 0.3 is 0 Å². The molecule has 0 N–H and O–H groups in total. The number of unbranched alkanes of at least 4 members (excludes halogenated alkanes) is 1. The lowest BCUT2D eigenvalue weighted by Crippen LogP contribution is -2.54. The molecule has 1 fully saturated rings. The first-order valence-corrected chi connectivity index (χ1v) is 13.5. The fourth-order valence-corrected chi connectivity index (χ4v) is 5.20.